The molecule has 0 spiro atoms. The smallest absolute Gasteiger partial charge is 0.101 e. The summed E-state index contributed by atoms with van der Waals surface area (Å²) >= 11 is 0. The van der Waals surface area contributed by atoms with Crippen LogP contribution in [0.25, 0.3) is 16.8 Å². The van der Waals surface area contributed by atoms with Gasteiger partial charge in [0.05, 0.1) is 28.7 Å². The molecule has 2 aliphatic heterocycles. The van der Waals surface area contributed by atoms with Gasteiger partial charge in [0.1, 0.15) is 6.07 Å². The number of fused-ring (bicyclic) bond motifs is 3. The summed E-state index contributed by atoms with van der Waals surface area (Å²) in [7, 11) is 2.16. The monoisotopic (exact) mass is 410 g/mol. The SMILES string of the molecule is Cc1nnn2c1-c1ccc(C3=CCN(C)CC3)cc1C(Nc1ccccc1C#N)CC2. The van der Waals surface area contributed by atoms with E-state index in [9.17, 15) is 5.26 Å². The highest BCUT2D eigenvalue weighted by Gasteiger charge is 2.26. The van der Waals surface area contributed by atoms with Gasteiger partial charge in [-0.3, -0.25) is 0 Å². The molecule has 5 rings (SSSR count). The minimum atomic E-state index is 0.0809. The number of aromatic nitrogens is 3. The lowest BCUT2D eigenvalue weighted by Crippen LogP contribution is -2.23. The van der Waals surface area contributed by atoms with Crippen molar-refractivity contribution >= 4 is 11.3 Å². The highest BCUT2D eigenvalue weighted by atomic mass is 15.4. The van der Waals surface area contributed by atoms with Crippen molar-refractivity contribution in [1.29, 1.82) is 5.26 Å². The fourth-order valence-electron chi connectivity index (χ4n) is 4.64. The lowest BCUT2D eigenvalue weighted by molar-refractivity contribution is 0.370. The molecule has 0 amide bonds. The summed E-state index contributed by atoms with van der Waals surface area (Å²) in [5.74, 6) is 0. The molecule has 2 aromatic carbocycles. The van der Waals surface area contributed by atoms with Crippen LogP contribution in [0.5, 0.6) is 0 Å². The predicted octanol–water partition coefficient (Wildman–Crippen LogP) is 4.40. The zero-order valence-corrected chi connectivity index (χ0v) is 18.0. The van der Waals surface area contributed by atoms with Crippen LogP contribution in [0.3, 0.4) is 0 Å². The van der Waals surface area contributed by atoms with Crippen LogP contribution in [-0.4, -0.2) is 40.0 Å². The average Bonchev–Trinajstić information content (AvgIpc) is 3.09. The van der Waals surface area contributed by atoms with Crippen LogP contribution in [-0.2, 0) is 6.54 Å². The van der Waals surface area contributed by atoms with E-state index in [2.05, 4.69) is 57.9 Å². The zero-order chi connectivity index (χ0) is 21.4. The van der Waals surface area contributed by atoms with Gasteiger partial charge in [0.2, 0.25) is 0 Å². The number of hydrogen-bond acceptors (Lipinski definition) is 5. The molecule has 1 atom stereocenters. The van der Waals surface area contributed by atoms with Crippen molar-refractivity contribution in [3.63, 3.8) is 0 Å². The van der Waals surface area contributed by atoms with E-state index in [1.807, 2.05) is 35.9 Å². The zero-order valence-electron chi connectivity index (χ0n) is 18.0. The second-order valence-corrected chi connectivity index (χ2v) is 8.43. The van der Waals surface area contributed by atoms with E-state index >= 15 is 0 Å². The molecule has 1 unspecified atom stereocenters. The molecule has 3 heterocycles. The molecule has 0 fully saturated rings. The van der Waals surface area contributed by atoms with Crippen molar-refractivity contribution < 1.29 is 0 Å². The van der Waals surface area contributed by atoms with Gasteiger partial charge in [0.15, 0.2) is 0 Å². The number of para-hydroxylation sites is 1. The molecule has 6 nitrogen and oxygen atoms in total. The number of nitriles is 1. The third kappa shape index (κ3) is 3.62. The van der Waals surface area contributed by atoms with Gasteiger partial charge in [-0.05, 0) is 61.7 Å². The maximum atomic E-state index is 9.56. The molecular formula is C25H26N6. The van der Waals surface area contributed by atoms with Crippen molar-refractivity contribution in [2.75, 3.05) is 25.5 Å². The van der Waals surface area contributed by atoms with Crippen LogP contribution in [0.2, 0.25) is 0 Å². The Kier molecular flexibility index (Phi) is 5.05. The minimum absolute atomic E-state index is 0.0809. The molecule has 2 aliphatic rings. The molecule has 1 aromatic heterocycles. The van der Waals surface area contributed by atoms with E-state index < -0.39 is 0 Å². The summed E-state index contributed by atoms with van der Waals surface area (Å²) in [6.45, 7) is 4.87. The molecule has 0 aliphatic carbocycles. The molecule has 0 saturated carbocycles. The van der Waals surface area contributed by atoms with Crippen molar-refractivity contribution in [2.45, 2.75) is 32.4 Å². The molecule has 3 aromatic rings. The molecule has 0 saturated heterocycles. The van der Waals surface area contributed by atoms with E-state index in [1.165, 1.54) is 22.3 Å². The highest BCUT2D eigenvalue weighted by Crippen LogP contribution is 2.39. The van der Waals surface area contributed by atoms with Crippen molar-refractivity contribution in [3.05, 3.63) is 70.9 Å². The predicted molar refractivity (Wildman–Crippen MR) is 122 cm³/mol. The van der Waals surface area contributed by atoms with Crippen LogP contribution in [0, 0.1) is 18.3 Å². The first-order chi connectivity index (χ1) is 15.1. The van der Waals surface area contributed by atoms with E-state index in [-0.39, 0.29) is 6.04 Å². The molecule has 6 heteroatoms. The molecule has 0 radical (unpaired) electrons. The van der Waals surface area contributed by atoms with Crippen LogP contribution in [0.15, 0.2) is 48.5 Å². The number of nitrogens with one attached hydrogen (secondary N) is 1. The third-order valence-electron chi connectivity index (χ3n) is 6.38. The van der Waals surface area contributed by atoms with E-state index in [0.717, 1.165) is 49.6 Å². The second-order valence-electron chi connectivity index (χ2n) is 8.43. The lowest BCUT2D eigenvalue weighted by Gasteiger charge is -2.25. The quantitative estimate of drug-likeness (QED) is 0.693. The Labute approximate surface area is 182 Å². The molecule has 156 valence electrons. The number of nitrogens with zero attached hydrogens (tertiary/aromatic N) is 5. The van der Waals surface area contributed by atoms with Crippen LogP contribution >= 0.6 is 0 Å². The maximum Gasteiger partial charge on any atom is 0.101 e. The topological polar surface area (TPSA) is 69.8 Å². The number of anilines is 1. The molecule has 1 N–H and O–H groups in total. The second kappa shape index (κ2) is 8.01. The summed E-state index contributed by atoms with van der Waals surface area (Å²) in [5, 5.41) is 21.9. The van der Waals surface area contributed by atoms with Crippen molar-refractivity contribution in [3.8, 4) is 17.3 Å². The van der Waals surface area contributed by atoms with Crippen molar-refractivity contribution in [2.24, 2.45) is 0 Å². The largest absolute Gasteiger partial charge is 0.377 e. The Morgan fingerprint density at radius 2 is 2.03 bits per heavy atom. The Hall–Kier alpha value is -3.43. The van der Waals surface area contributed by atoms with Gasteiger partial charge < -0.3 is 10.2 Å². The summed E-state index contributed by atoms with van der Waals surface area (Å²) < 4.78 is 2.01. The number of benzene rings is 2. The fourth-order valence-corrected chi connectivity index (χ4v) is 4.64. The number of aryl methyl sites for hydroxylation is 2. The number of likely N-dealkylation sites (N-methyl/N-ethyl adjacent to an activating group) is 1. The Bertz CT molecular complexity index is 1200. The summed E-state index contributed by atoms with van der Waals surface area (Å²) in [6, 6.07) is 16.9. The summed E-state index contributed by atoms with van der Waals surface area (Å²) in [6.07, 6.45) is 4.27. The Balaban J connectivity index is 1.61. The molecular weight excluding hydrogens is 384 g/mol. The highest BCUT2D eigenvalue weighted by molar-refractivity contribution is 5.75. The minimum Gasteiger partial charge on any atom is -0.377 e. The molecule has 0 bridgehead atoms. The Morgan fingerprint density at radius 1 is 1.16 bits per heavy atom. The fraction of sp³-hybridized carbons (Fsp3) is 0.320. The third-order valence-corrected chi connectivity index (χ3v) is 6.38. The summed E-state index contributed by atoms with van der Waals surface area (Å²) in [4.78, 5) is 2.34. The Morgan fingerprint density at radius 3 is 2.84 bits per heavy atom. The van der Waals surface area contributed by atoms with Gasteiger partial charge in [-0.2, -0.15) is 5.26 Å². The lowest BCUT2D eigenvalue weighted by atomic mass is 9.90. The maximum absolute atomic E-state index is 9.56. The van der Waals surface area contributed by atoms with Gasteiger partial charge in [-0.25, -0.2) is 4.68 Å². The van der Waals surface area contributed by atoms with E-state index in [1.54, 1.807) is 0 Å². The van der Waals surface area contributed by atoms with Crippen LogP contribution < -0.4 is 5.32 Å². The van der Waals surface area contributed by atoms with Gasteiger partial charge in [0.25, 0.3) is 0 Å². The number of rotatable bonds is 3. The first-order valence-electron chi connectivity index (χ1n) is 10.8. The first kappa shape index (κ1) is 19.5. The normalized spacial score (nSPS) is 18.4. The first-order valence-corrected chi connectivity index (χ1v) is 10.8. The van der Waals surface area contributed by atoms with Crippen molar-refractivity contribution in [1.82, 2.24) is 19.9 Å². The van der Waals surface area contributed by atoms with E-state index in [0.29, 0.717) is 5.56 Å². The molecule has 31 heavy (non-hydrogen) atoms. The van der Waals surface area contributed by atoms with Crippen LogP contribution in [0.4, 0.5) is 5.69 Å². The average molecular weight is 411 g/mol. The van der Waals surface area contributed by atoms with Gasteiger partial charge in [0, 0.05) is 25.2 Å². The van der Waals surface area contributed by atoms with Crippen LogP contribution in [0.1, 0.15) is 41.3 Å². The van der Waals surface area contributed by atoms with Gasteiger partial charge >= 0.3 is 0 Å². The summed E-state index contributed by atoms with van der Waals surface area (Å²) in [5.41, 5.74) is 8.69. The number of hydrogen-bond donors (Lipinski definition) is 1. The van der Waals surface area contributed by atoms with Gasteiger partial charge in [-0.15, -0.1) is 5.10 Å². The van der Waals surface area contributed by atoms with E-state index in [4.69, 9.17) is 0 Å². The standard InChI is InChI=1S/C25H26N6/c1-17-25-21-8-7-19(18-9-12-30(2)13-10-18)15-22(21)24(11-14-31(25)29-28-17)27-23-6-4-3-5-20(23)16-26/h3-9,15,24,27H,10-14H2,1-2H3. The van der Waals surface area contributed by atoms with Gasteiger partial charge in [-0.1, -0.05) is 35.6 Å².